The number of rotatable bonds is 2. The summed E-state index contributed by atoms with van der Waals surface area (Å²) in [6.45, 7) is 3.20. The highest BCUT2D eigenvalue weighted by molar-refractivity contribution is 7.79. The Balaban J connectivity index is 3.57. The number of amides is 1. The molecular formula is C8H11N2O3S-. The van der Waals surface area contributed by atoms with Gasteiger partial charge in [0.05, 0.1) is 0 Å². The minimum absolute atomic E-state index is 0.154. The van der Waals surface area contributed by atoms with Gasteiger partial charge in [0.25, 0.3) is 5.91 Å². The van der Waals surface area contributed by atoms with Crippen LogP contribution in [0.15, 0.2) is 4.90 Å². The lowest BCUT2D eigenvalue weighted by Gasteiger charge is -2.05. The fourth-order valence-corrected chi connectivity index (χ4v) is 2.27. The van der Waals surface area contributed by atoms with Gasteiger partial charge in [-0.2, -0.15) is 0 Å². The number of aromatic nitrogens is 1. The highest BCUT2D eigenvalue weighted by Crippen LogP contribution is 2.22. The average molecular weight is 215 g/mol. The lowest BCUT2D eigenvalue weighted by Crippen LogP contribution is -2.16. The Bertz CT molecular complexity index is 385. The van der Waals surface area contributed by atoms with Crippen molar-refractivity contribution in [2.75, 3.05) is 0 Å². The summed E-state index contributed by atoms with van der Waals surface area (Å²) in [7, 11) is 1.61. The molecule has 1 aromatic rings. The summed E-state index contributed by atoms with van der Waals surface area (Å²) in [5.74, 6) is -0.621. The molecule has 1 amide bonds. The second kappa shape index (κ2) is 3.55. The summed E-state index contributed by atoms with van der Waals surface area (Å²) < 4.78 is 23.2. The van der Waals surface area contributed by atoms with E-state index in [1.165, 1.54) is 4.57 Å². The van der Waals surface area contributed by atoms with Gasteiger partial charge in [0.1, 0.15) is 5.69 Å². The molecule has 0 saturated heterocycles. The van der Waals surface area contributed by atoms with Crippen LogP contribution >= 0.6 is 0 Å². The zero-order valence-electron chi connectivity index (χ0n) is 8.16. The van der Waals surface area contributed by atoms with Gasteiger partial charge in [0.2, 0.25) is 0 Å². The Morgan fingerprint density at radius 1 is 1.50 bits per heavy atom. The van der Waals surface area contributed by atoms with Gasteiger partial charge in [-0.1, -0.05) is 0 Å². The topological polar surface area (TPSA) is 88.2 Å². The van der Waals surface area contributed by atoms with Gasteiger partial charge in [-0.25, -0.2) is 0 Å². The zero-order valence-corrected chi connectivity index (χ0v) is 8.97. The molecule has 14 heavy (non-hydrogen) atoms. The normalized spacial score (nSPS) is 12.9. The number of hydrogen-bond acceptors (Lipinski definition) is 3. The summed E-state index contributed by atoms with van der Waals surface area (Å²) >= 11 is -2.34. The van der Waals surface area contributed by atoms with E-state index in [-0.39, 0.29) is 10.6 Å². The van der Waals surface area contributed by atoms with Crippen molar-refractivity contribution < 1.29 is 13.6 Å². The number of carbonyl (C=O) groups excluding carboxylic acids is 1. The molecule has 0 aliphatic rings. The molecule has 0 bridgehead atoms. The molecule has 1 atom stereocenters. The molecule has 1 unspecified atom stereocenters. The van der Waals surface area contributed by atoms with Gasteiger partial charge < -0.3 is 14.9 Å². The molecule has 1 rings (SSSR count). The monoisotopic (exact) mass is 215 g/mol. The Morgan fingerprint density at radius 3 is 2.21 bits per heavy atom. The van der Waals surface area contributed by atoms with Gasteiger partial charge in [0, 0.05) is 17.6 Å². The fourth-order valence-electron chi connectivity index (χ4n) is 1.55. The quantitative estimate of drug-likeness (QED) is 0.703. The van der Waals surface area contributed by atoms with Crippen molar-refractivity contribution in [1.82, 2.24) is 4.57 Å². The molecule has 0 radical (unpaired) electrons. The molecule has 2 N–H and O–H groups in total. The van der Waals surface area contributed by atoms with E-state index >= 15 is 0 Å². The van der Waals surface area contributed by atoms with Crippen molar-refractivity contribution in [3.8, 4) is 0 Å². The largest absolute Gasteiger partial charge is 0.768 e. The van der Waals surface area contributed by atoms with Crippen LogP contribution in [0.1, 0.15) is 21.7 Å². The van der Waals surface area contributed by atoms with Gasteiger partial charge in [-0.05, 0) is 30.5 Å². The molecule has 0 spiro atoms. The smallest absolute Gasteiger partial charge is 0.265 e. The minimum atomic E-state index is -2.34. The van der Waals surface area contributed by atoms with Gasteiger partial charge in [0.15, 0.2) is 0 Å². The maximum absolute atomic E-state index is 11.0. The molecule has 0 aromatic carbocycles. The van der Waals surface area contributed by atoms with E-state index in [1.807, 2.05) is 0 Å². The molecule has 0 aliphatic carbocycles. The summed E-state index contributed by atoms with van der Waals surface area (Å²) in [4.78, 5) is 11.2. The van der Waals surface area contributed by atoms with Crippen LogP contribution in [0.25, 0.3) is 0 Å². The predicted molar refractivity (Wildman–Crippen MR) is 50.6 cm³/mol. The Morgan fingerprint density at radius 2 is 2.00 bits per heavy atom. The average Bonchev–Trinajstić information content (AvgIpc) is 2.23. The molecule has 0 saturated carbocycles. The van der Waals surface area contributed by atoms with Gasteiger partial charge >= 0.3 is 0 Å². The van der Waals surface area contributed by atoms with Gasteiger partial charge in [-0.3, -0.25) is 9.00 Å². The first-order chi connectivity index (χ1) is 6.37. The number of hydrogen-bond donors (Lipinski definition) is 1. The first kappa shape index (κ1) is 10.9. The molecular weight excluding hydrogens is 204 g/mol. The van der Waals surface area contributed by atoms with Crippen LogP contribution in [0.2, 0.25) is 0 Å². The minimum Gasteiger partial charge on any atom is -0.768 e. The third-order valence-electron chi connectivity index (χ3n) is 2.26. The Hall–Kier alpha value is -1.14. The van der Waals surface area contributed by atoms with Crippen molar-refractivity contribution >= 4 is 17.0 Å². The van der Waals surface area contributed by atoms with E-state index in [0.717, 1.165) is 0 Å². The number of nitrogens with two attached hydrogens (primary N) is 1. The Labute approximate surface area is 84.2 Å². The first-order valence-electron chi connectivity index (χ1n) is 3.92. The highest BCUT2D eigenvalue weighted by atomic mass is 32.2. The lowest BCUT2D eigenvalue weighted by atomic mass is 10.2. The Kier molecular flexibility index (Phi) is 2.77. The summed E-state index contributed by atoms with van der Waals surface area (Å²) in [6, 6.07) is 0. The molecule has 6 heteroatoms. The zero-order chi connectivity index (χ0) is 11.0. The lowest BCUT2D eigenvalue weighted by molar-refractivity contribution is 0.0991. The molecule has 1 aromatic heterocycles. The van der Waals surface area contributed by atoms with Crippen LogP contribution in [0.4, 0.5) is 0 Å². The van der Waals surface area contributed by atoms with Crippen LogP contribution < -0.4 is 5.73 Å². The van der Waals surface area contributed by atoms with E-state index in [4.69, 9.17) is 5.73 Å². The summed E-state index contributed by atoms with van der Waals surface area (Å²) in [6.07, 6.45) is 0. The van der Waals surface area contributed by atoms with Crippen LogP contribution in [0.3, 0.4) is 0 Å². The fraction of sp³-hybridized carbons (Fsp3) is 0.375. The van der Waals surface area contributed by atoms with Crippen LogP contribution in [0, 0.1) is 13.8 Å². The number of nitrogens with zero attached hydrogens (tertiary/aromatic N) is 1. The first-order valence-corrected chi connectivity index (χ1v) is 5.00. The van der Waals surface area contributed by atoms with E-state index in [0.29, 0.717) is 11.3 Å². The summed E-state index contributed by atoms with van der Waals surface area (Å²) in [5.41, 5.74) is 6.30. The van der Waals surface area contributed by atoms with Gasteiger partial charge in [-0.15, -0.1) is 0 Å². The third-order valence-corrected chi connectivity index (χ3v) is 3.20. The van der Waals surface area contributed by atoms with Crippen LogP contribution in [-0.4, -0.2) is 19.2 Å². The van der Waals surface area contributed by atoms with Crippen LogP contribution in [0.5, 0.6) is 0 Å². The second-order valence-electron chi connectivity index (χ2n) is 3.05. The van der Waals surface area contributed by atoms with Crippen LogP contribution in [-0.2, 0) is 18.1 Å². The SMILES string of the molecule is Cc1c(S(=O)[O-])c(C)n(C)c1C(N)=O. The van der Waals surface area contributed by atoms with Crippen molar-refractivity contribution in [2.45, 2.75) is 18.7 Å². The molecule has 5 nitrogen and oxygen atoms in total. The van der Waals surface area contributed by atoms with Crippen molar-refractivity contribution in [1.29, 1.82) is 0 Å². The van der Waals surface area contributed by atoms with E-state index in [9.17, 15) is 13.6 Å². The number of primary amides is 1. The van der Waals surface area contributed by atoms with Crippen molar-refractivity contribution in [3.63, 3.8) is 0 Å². The highest BCUT2D eigenvalue weighted by Gasteiger charge is 2.18. The molecule has 0 aliphatic heterocycles. The molecule has 78 valence electrons. The summed E-state index contributed by atoms with van der Waals surface area (Å²) in [5, 5.41) is 0. The van der Waals surface area contributed by atoms with Crippen molar-refractivity contribution in [3.05, 3.63) is 17.0 Å². The predicted octanol–water partition coefficient (Wildman–Crippen LogP) is -0.0212. The maximum atomic E-state index is 11.0. The number of carbonyl (C=O) groups is 1. The van der Waals surface area contributed by atoms with E-state index in [2.05, 4.69) is 0 Å². The van der Waals surface area contributed by atoms with Crippen molar-refractivity contribution in [2.24, 2.45) is 12.8 Å². The van der Waals surface area contributed by atoms with E-state index in [1.54, 1.807) is 20.9 Å². The third kappa shape index (κ3) is 1.46. The van der Waals surface area contributed by atoms with E-state index < -0.39 is 17.0 Å². The molecule has 0 fully saturated rings. The molecule has 1 heterocycles. The second-order valence-corrected chi connectivity index (χ2v) is 3.92. The standard InChI is InChI=1S/C8H12N2O3S/c1-4-6(8(9)11)10(3)5(2)7(4)14(12)13/h1-3H3,(H2,9,11)(H,12,13)/p-1. The maximum Gasteiger partial charge on any atom is 0.265 e.